The van der Waals surface area contributed by atoms with Crippen LogP contribution in [0.5, 0.6) is 0 Å². The second-order valence-corrected chi connectivity index (χ2v) is 7.94. The minimum Gasteiger partial charge on any atom is -0.206 e. The monoisotopic (exact) mass is 442 g/mol. The van der Waals surface area contributed by atoms with Gasteiger partial charge in [0, 0.05) is 22.8 Å². The Hall–Kier alpha value is -2.57. The average molecular weight is 442 g/mol. The molecule has 0 heterocycles. The van der Waals surface area contributed by atoms with Crippen LogP contribution in [0.1, 0.15) is 60.8 Å². The molecule has 31 heavy (non-hydrogen) atoms. The van der Waals surface area contributed by atoms with Crippen LogP contribution in [0, 0.1) is 17.6 Å². The van der Waals surface area contributed by atoms with E-state index in [-0.39, 0.29) is 17.7 Å². The van der Waals surface area contributed by atoms with Crippen LogP contribution in [0.3, 0.4) is 0 Å². The zero-order valence-corrected chi connectivity index (χ0v) is 16.7. The summed E-state index contributed by atoms with van der Waals surface area (Å²) in [5.74, 6) is -4.62. The van der Waals surface area contributed by atoms with Crippen molar-refractivity contribution in [3.05, 3.63) is 76.4 Å². The summed E-state index contributed by atoms with van der Waals surface area (Å²) in [6.07, 6.45) is -0.619. The van der Waals surface area contributed by atoms with Crippen molar-refractivity contribution in [1.82, 2.24) is 0 Å². The lowest BCUT2D eigenvalue weighted by Gasteiger charge is -2.26. The molecule has 0 N–H and O–H groups in total. The standard InChI is InChI=1S/C24H21F7/c1-14-2-4-15(5-3-14)16-6-8-17(9-7-16)22(27)23(28)18-12-20(25)19(21(26)13-18)10-11-24(29,30)31/h6-15H,2-5H2,1H3/b11-10+,23-22+. The molecule has 0 saturated heterocycles. The van der Waals surface area contributed by atoms with E-state index in [0.717, 1.165) is 31.2 Å². The highest BCUT2D eigenvalue weighted by Crippen LogP contribution is 2.37. The molecule has 1 aliphatic rings. The van der Waals surface area contributed by atoms with E-state index in [4.69, 9.17) is 0 Å². The third-order valence-corrected chi connectivity index (χ3v) is 5.62. The fourth-order valence-corrected chi connectivity index (χ4v) is 3.80. The van der Waals surface area contributed by atoms with Gasteiger partial charge in [0.2, 0.25) is 0 Å². The van der Waals surface area contributed by atoms with Crippen molar-refractivity contribution in [1.29, 1.82) is 0 Å². The second-order valence-electron chi connectivity index (χ2n) is 7.94. The Morgan fingerprint density at radius 3 is 1.87 bits per heavy atom. The first-order valence-corrected chi connectivity index (χ1v) is 9.96. The number of hydrogen-bond donors (Lipinski definition) is 0. The van der Waals surface area contributed by atoms with Crippen LogP contribution in [0.25, 0.3) is 17.7 Å². The first kappa shape index (κ1) is 23.1. The van der Waals surface area contributed by atoms with E-state index in [1.807, 2.05) is 0 Å². The Bertz CT molecular complexity index is 953. The molecule has 2 aromatic rings. The Labute approximate surface area is 176 Å². The zero-order chi connectivity index (χ0) is 22.8. The molecule has 0 aromatic heterocycles. The Kier molecular flexibility index (Phi) is 6.92. The predicted molar refractivity (Wildman–Crippen MR) is 107 cm³/mol. The fourth-order valence-electron chi connectivity index (χ4n) is 3.80. The first-order valence-electron chi connectivity index (χ1n) is 9.96. The summed E-state index contributed by atoms with van der Waals surface area (Å²) in [4.78, 5) is 0. The van der Waals surface area contributed by atoms with Gasteiger partial charge >= 0.3 is 6.18 Å². The Balaban J connectivity index is 1.84. The largest absolute Gasteiger partial charge is 0.409 e. The molecule has 0 radical (unpaired) electrons. The molecule has 2 aromatic carbocycles. The topological polar surface area (TPSA) is 0 Å². The number of alkyl halides is 3. The summed E-state index contributed by atoms with van der Waals surface area (Å²) in [6.45, 7) is 2.20. The fraction of sp³-hybridized carbons (Fsp3) is 0.333. The average Bonchev–Trinajstić information content (AvgIpc) is 2.72. The van der Waals surface area contributed by atoms with Gasteiger partial charge in [-0.15, -0.1) is 0 Å². The summed E-state index contributed by atoms with van der Waals surface area (Å²) >= 11 is 0. The lowest BCUT2D eigenvalue weighted by Crippen LogP contribution is -2.10. The molecule has 0 bridgehead atoms. The van der Waals surface area contributed by atoms with Gasteiger partial charge in [0.05, 0.1) is 0 Å². The number of rotatable bonds is 4. The maximum Gasteiger partial charge on any atom is 0.409 e. The van der Waals surface area contributed by atoms with Gasteiger partial charge in [-0.1, -0.05) is 44.0 Å². The summed E-state index contributed by atoms with van der Waals surface area (Å²) in [7, 11) is 0. The Morgan fingerprint density at radius 1 is 0.839 bits per heavy atom. The third kappa shape index (κ3) is 5.77. The number of benzene rings is 2. The minimum atomic E-state index is -4.77. The van der Waals surface area contributed by atoms with Crippen LogP contribution in [-0.4, -0.2) is 6.18 Å². The molecule has 0 atom stereocenters. The van der Waals surface area contributed by atoms with Gasteiger partial charge in [0.15, 0.2) is 11.7 Å². The van der Waals surface area contributed by atoms with Gasteiger partial charge in [-0.25, -0.2) is 17.6 Å². The molecule has 166 valence electrons. The molecular formula is C24H21F7. The van der Waals surface area contributed by atoms with Crippen LogP contribution in [-0.2, 0) is 0 Å². The normalized spacial score (nSPS) is 20.8. The molecular weight excluding hydrogens is 421 g/mol. The quantitative estimate of drug-likeness (QED) is 0.329. The molecule has 1 aliphatic carbocycles. The van der Waals surface area contributed by atoms with Crippen LogP contribution in [0.2, 0.25) is 0 Å². The van der Waals surface area contributed by atoms with Gasteiger partial charge in [0.25, 0.3) is 0 Å². The lowest BCUT2D eigenvalue weighted by molar-refractivity contribution is -0.0790. The van der Waals surface area contributed by atoms with Gasteiger partial charge < -0.3 is 0 Å². The third-order valence-electron chi connectivity index (χ3n) is 5.62. The molecule has 0 spiro atoms. The van der Waals surface area contributed by atoms with Gasteiger partial charge in [-0.3, -0.25) is 0 Å². The first-order chi connectivity index (χ1) is 14.5. The minimum absolute atomic E-state index is 0.0905. The van der Waals surface area contributed by atoms with E-state index in [2.05, 4.69) is 6.92 Å². The van der Waals surface area contributed by atoms with Crippen molar-refractivity contribution in [2.75, 3.05) is 0 Å². The Morgan fingerprint density at radius 2 is 1.35 bits per heavy atom. The van der Waals surface area contributed by atoms with Crippen molar-refractivity contribution < 1.29 is 30.7 Å². The van der Waals surface area contributed by atoms with E-state index in [0.29, 0.717) is 24.0 Å². The smallest absolute Gasteiger partial charge is 0.206 e. The van der Waals surface area contributed by atoms with E-state index >= 15 is 0 Å². The van der Waals surface area contributed by atoms with Crippen LogP contribution < -0.4 is 0 Å². The van der Waals surface area contributed by atoms with Crippen LogP contribution in [0.4, 0.5) is 30.7 Å². The highest BCUT2D eigenvalue weighted by atomic mass is 19.4. The summed E-state index contributed by atoms with van der Waals surface area (Å²) < 4.78 is 93.9. The lowest BCUT2D eigenvalue weighted by atomic mass is 9.79. The molecule has 3 rings (SSSR count). The zero-order valence-electron chi connectivity index (χ0n) is 16.7. The maximum absolute atomic E-state index is 14.6. The summed E-state index contributed by atoms with van der Waals surface area (Å²) in [5.41, 5.74) is -0.781. The summed E-state index contributed by atoms with van der Waals surface area (Å²) in [6, 6.07) is 7.19. The number of halogens is 7. The summed E-state index contributed by atoms with van der Waals surface area (Å²) in [5, 5.41) is 0. The van der Waals surface area contributed by atoms with Crippen LogP contribution in [0.15, 0.2) is 42.5 Å². The molecule has 0 aliphatic heterocycles. The molecule has 7 heteroatoms. The van der Waals surface area contributed by atoms with Gasteiger partial charge in [0.1, 0.15) is 11.6 Å². The highest BCUT2D eigenvalue weighted by molar-refractivity contribution is 5.83. The van der Waals surface area contributed by atoms with E-state index in [9.17, 15) is 30.7 Å². The maximum atomic E-state index is 14.6. The number of allylic oxidation sites excluding steroid dienone is 1. The number of hydrogen-bond acceptors (Lipinski definition) is 0. The SMILES string of the molecule is CC1CCC(c2ccc(/C(F)=C(\F)c3cc(F)c(/C=C/C(F)(F)F)c(F)c3)cc2)CC1. The molecule has 1 fully saturated rings. The molecule has 1 saturated carbocycles. The highest BCUT2D eigenvalue weighted by Gasteiger charge is 2.24. The predicted octanol–water partition coefficient (Wildman–Crippen LogP) is 8.60. The van der Waals surface area contributed by atoms with Crippen LogP contribution >= 0.6 is 0 Å². The second kappa shape index (κ2) is 9.28. The van der Waals surface area contributed by atoms with Crippen molar-refractivity contribution in [2.45, 2.75) is 44.7 Å². The van der Waals surface area contributed by atoms with Gasteiger partial charge in [-0.2, -0.15) is 13.2 Å². The van der Waals surface area contributed by atoms with Crippen molar-refractivity contribution >= 4 is 17.7 Å². The molecule has 0 nitrogen and oxygen atoms in total. The molecule has 0 unspecified atom stereocenters. The van der Waals surface area contributed by atoms with Crippen molar-refractivity contribution in [3.8, 4) is 0 Å². The molecule has 0 amide bonds. The van der Waals surface area contributed by atoms with E-state index in [1.54, 1.807) is 12.1 Å². The van der Waals surface area contributed by atoms with E-state index in [1.165, 1.54) is 12.1 Å². The van der Waals surface area contributed by atoms with Crippen molar-refractivity contribution in [3.63, 3.8) is 0 Å². The van der Waals surface area contributed by atoms with Crippen molar-refractivity contribution in [2.24, 2.45) is 5.92 Å². The van der Waals surface area contributed by atoms with E-state index < -0.39 is 40.6 Å². The van der Waals surface area contributed by atoms with Gasteiger partial charge in [-0.05, 0) is 48.4 Å².